The Bertz CT molecular complexity index is 436. The van der Waals surface area contributed by atoms with Gasteiger partial charge in [0.15, 0.2) is 0 Å². The first-order valence-corrected chi connectivity index (χ1v) is 4.71. The van der Waals surface area contributed by atoms with Gasteiger partial charge in [0, 0.05) is 17.8 Å². The zero-order valence-electron chi connectivity index (χ0n) is 7.99. The molecule has 1 aliphatic rings. The lowest BCUT2D eigenvalue weighted by Crippen LogP contribution is -2.19. The average molecular weight is 209 g/mol. The van der Waals surface area contributed by atoms with Crippen LogP contribution in [0.25, 0.3) is 0 Å². The zero-order valence-corrected chi connectivity index (χ0v) is 7.99. The van der Waals surface area contributed by atoms with Gasteiger partial charge in [0.1, 0.15) is 0 Å². The van der Waals surface area contributed by atoms with Gasteiger partial charge in [0.2, 0.25) is 5.95 Å². The van der Waals surface area contributed by atoms with Gasteiger partial charge >= 0.3 is 5.97 Å². The van der Waals surface area contributed by atoms with Gasteiger partial charge in [0.05, 0.1) is 6.42 Å². The summed E-state index contributed by atoms with van der Waals surface area (Å²) in [4.78, 5) is 28.2. The Kier molecular flexibility index (Phi) is 2.40. The number of nitrogens with zero attached hydrogens (tertiary/aromatic N) is 1. The van der Waals surface area contributed by atoms with Crippen molar-refractivity contribution in [2.75, 3.05) is 5.32 Å². The van der Waals surface area contributed by atoms with Crippen LogP contribution in [0.15, 0.2) is 11.0 Å². The molecule has 6 nitrogen and oxygen atoms in total. The number of aliphatic carboxylic acids is 1. The van der Waals surface area contributed by atoms with Gasteiger partial charge in [-0.1, -0.05) is 0 Å². The van der Waals surface area contributed by atoms with Gasteiger partial charge in [-0.25, -0.2) is 4.98 Å². The smallest absolute Gasteiger partial charge is 0.308 e. The molecule has 1 heterocycles. The molecule has 2 rings (SSSR count). The molecule has 0 bridgehead atoms. The fourth-order valence-corrected chi connectivity index (χ4v) is 1.20. The Labute approximate surface area is 85.4 Å². The first-order valence-electron chi connectivity index (χ1n) is 4.71. The van der Waals surface area contributed by atoms with Crippen LogP contribution in [0.2, 0.25) is 0 Å². The summed E-state index contributed by atoms with van der Waals surface area (Å²) in [5.41, 5.74) is -0.223. The highest BCUT2D eigenvalue weighted by atomic mass is 16.4. The maximum Gasteiger partial charge on any atom is 0.308 e. The van der Waals surface area contributed by atoms with Crippen LogP contribution in [-0.4, -0.2) is 27.1 Å². The minimum absolute atomic E-state index is 0.170. The van der Waals surface area contributed by atoms with E-state index in [1.165, 1.54) is 6.20 Å². The van der Waals surface area contributed by atoms with Crippen molar-refractivity contribution in [1.29, 1.82) is 0 Å². The number of carboxylic acids is 1. The van der Waals surface area contributed by atoms with E-state index in [1.54, 1.807) is 0 Å². The highest BCUT2D eigenvalue weighted by Gasteiger charge is 2.21. The molecular formula is C9H11N3O3. The molecule has 0 aliphatic heterocycles. The van der Waals surface area contributed by atoms with Crippen LogP contribution in [0.1, 0.15) is 18.4 Å². The molecule has 0 amide bonds. The lowest BCUT2D eigenvalue weighted by molar-refractivity contribution is -0.136. The molecular weight excluding hydrogens is 198 g/mol. The van der Waals surface area contributed by atoms with Crippen LogP contribution in [0, 0.1) is 0 Å². The third kappa shape index (κ3) is 2.55. The average Bonchev–Trinajstić information content (AvgIpc) is 2.93. The number of aromatic nitrogens is 2. The largest absolute Gasteiger partial charge is 0.481 e. The molecule has 1 aromatic rings. The summed E-state index contributed by atoms with van der Waals surface area (Å²) in [6, 6.07) is 0.401. The van der Waals surface area contributed by atoms with Crippen LogP contribution in [0.5, 0.6) is 0 Å². The van der Waals surface area contributed by atoms with Crippen LogP contribution in [-0.2, 0) is 11.2 Å². The first kappa shape index (κ1) is 9.70. The molecule has 1 aliphatic carbocycles. The topological polar surface area (TPSA) is 95.1 Å². The van der Waals surface area contributed by atoms with E-state index in [-0.39, 0.29) is 12.0 Å². The maximum atomic E-state index is 11.4. The van der Waals surface area contributed by atoms with Crippen LogP contribution in [0.4, 0.5) is 5.95 Å². The quantitative estimate of drug-likeness (QED) is 0.647. The van der Waals surface area contributed by atoms with E-state index in [4.69, 9.17) is 5.11 Å². The van der Waals surface area contributed by atoms with E-state index in [2.05, 4.69) is 15.3 Å². The van der Waals surface area contributed by atoms with Crippen molar-refractivity contribution in [1.82, 2.24) is 9.97 Å². The van der Waals surface area contributed by atoms with Gasteiger partial charge in [0.25, 0.3) is 5.56 Å². The molecule has 0 aromatic carbocycles. The van der Waals surface area contributed by atoms with Gasteiger partial charge in [-0.3, -0.25) is 14.6 Å². The number of aromatic amines is 1. The molecule has 0 unspecified atom stereocenters. The number of carboxylic acid groups (broad SMARTS) is 1. The predicted octanol–water partition coefficient (Wildman–Crippen LogP) is -0.0287. The normalized spacial score (nSPS) is 14.9. The highest BCUT2D eigenvalue weighted by molar-refractivity contribution is 5.69. The van der Waals surface area contributed by atoms with E-state index in [0.717, 1.165) is 12.8 Å². The van der Waals surface area contributed by atoms with E-state index in [9.17, 15) is 9.59 Å². The van der Waals surface area contributed by atoms with Crippen LogP contribution in [0.3, 0.4) is 0 Å². The second-order valence-electron chi connectivity index (χ2n) is 3.58. The minimum atomic E-state index is -1.04. The molecule has 0 spiro atoms. The van der Waals surface area contributed by atoms with Gasteiger partial charge in [-0.2, -0.15) is 0 Å². The van der Waals surface area contributed by atoms with Gasteiger partial charge in [-0.05, 0) is 12.8 Å². The molecule has 0 atom stereocenters. The zero-order chi connectivity index (χ0) is 10.8. The van der Waals surface area contributed by atoms with Crippen molar-refractivity contribution in [3.8, 4) is 0 Å². The number of rotatable bonds is 4. The number of hydrogen-bond donors (Lipinski definition) is 3. The van der Waals surface area contributed by atoms with Crippen molar-refractivity contribution in [2.24, 2.45) is 0 Å². The summed E-state index contributed by atoms with van der Waals surface area (Å²) in [5.74, 6) is -0.623. The van der Waals surface area contributed by atoms with E-state index >= 15 is 0 Å². The van der Waals surface area contributed by atoms with Gasteiger partial charge in [-0.15, -0.1) is 0 Å². The summed E-state index contributed by atoms with van der Waals surface area (Å²) < 4.78 is 0. The highest BCUT2D eigenvalue weighted by Crippen LogP contribution is 2.22. The first-order chi connectivity index (χ1) is 7.15. The van der Waals surface area contributed by atoms with E-state index in [0.29, 0.717) is 12.0 Å². The fraction of sp³-hybridized carbons (Fsp3) is 0.444. The third-order valence-electron chi connectivity index (χ3n) is 2.13. The molecule has 1 aromatic heterocycles. The Morgan fingerprint density at radius 2 is 2.40 bits per heavy atom. The Balaban J connectivity index is 2.14. The lowest BCUT2D eigenvalue weighted by atomic mass is 10.2. The van der Waals surface area contributed by atoms with Crippen molar-refractivity contribution in [2.45, 2.75) is 25.3 Å². The predicted molar refractivity (Wildman–Crippen MR) is 52.8 cm³/mol. The summed E-state index contributed by atoms with van der Waals surface area (Å²) in [6.07, 6.45) is 3.17. The Morgan fingerprint density at radius 1 is 1.67 bits per heavy atom. The SMILES string of the molecule is O=C(O)Cc1cnc(NC2CC2)[nH]c1=O. The number of anilines is 1. The molecule has 6 heteroatoms. The van der Waals surface area contributed by atoms with Crippen molar-refractivity contribution < 1.29 is 9.90 Å². The molecule has 15 heavy (non-hydrogen) atoms. The van der Waals surface area contributed by atoms with Crippen LogP contribution >= 0.6 is 0 Å². The second-order valence-corrected chi connectivity index (χ2v) is 3.58. The van der Waals surface area contributed by atoms with Crippen molar-refractivity contribution in [3.63, 3.8) is 0 Å². The number of H-pyrrole nitrogens is 1. The number of hydrogen-bond acceptors (Lipinski definition) is 4. The minimum Gasteiger partial charge on any atom is -0.481 e. The van der Waals surface area contributed by atoms with Crippen LogP contribution < -0.4 is 10.9 Å². The molecule has 80 valence electrons. The second kappa shape index (κ2) is 3.72. The van der Waals surface area contributed by atoms with E-state index < -0.39 is 11.5 Å². The number of carbonyl (C=O) groups is 1. The summed E-state index contributed by atoms with van der Waals surface area (Å²) in [6.45, 7) is 0. The molecule has 3 N–H and O–H groups in total. The monoisotopic (exact) mass is 209 g/mol. The lowest BCUT2D eigenvalue weighted by Gasteiger charge is -2.03. The Morgan fingerprint density at radius 3 is 2.93 bits per heavy atom. The van der Waals surface area contributed by atoms with Crippen molar-refractivity contribution >= 4 is 11.9 Å². The fourth-order valence-electron chi connectivity index (χ4n) is 1.20. The molecule has 1 fully saturated rings. The Hall–Kier alpha value is -1.85. The summed E-state index contributed by atoms with van der Waals surface area (Å²) >= 11 is 0. The molecule has 0 radical (unpaired) electrons. The maximum absolute atomic E-state index is 11.4. The number of nitrogens with one attached hydrogen (secondary N) is 2. The van der Waals surface area contributed by atoms with Crippen molar-refractivity contribution in [3.05, 3.63) is 22.1 Å². The van der Waals surface area contributed by atoms with Gasteiger partial charge < -0.3 is 10.4 Å². The summed E-state index contributed by atoms with van der Waals surface area (Å²) in [7, 11) is 0. The summed E-state index contributed by atoms with van der Waals surface area (Å²) in [5, 5.41) is 11.5. The molecule has 1 saturated carbocycles. The third-order valence-corrected chi connectivity index (χ3v) is 2.13. The van der Waals surface area contributed by atoms with E-state index in [1.807, 2.05) is 0 Å². The molecule has 0 saturated heterocycles. The standard InChI is InChI=1S/C9H11N3O3/c13-7(14)3-5-4-10-9(12-8(5)15)11-6-1-2-6/h4,6H,1-3H2,(H,13,14)(H2,10,11,12,15).